The van der Waals surface area contributed by atoms with Gasteiger partial charge in [-0.2, -0.15) is 0 Å². The van der Waals surface area contributed by atoms with Crippen molar-refractivity contribution in [1.82, 2.24) is 4.98 Å². The first kappa shape index (κ1) is 13.4. The first-order valence-electron chi connectivity index (χ1n) is 6.20. The Bertz CT molecular complexity index is 406. The van der Waals surface area contributed by atoms with Gasteiger partial charge in [0.15, 0.2) is 0 Å². The number of rotatable bonds is 5. The molecule has 1 fully saturated rings. The van der Waals surface area contributed by atoms with Crippen molar-refractivity contribution in [3.8, 4) is 5.88 Å². The van der Waals surface area contributed by atoms with Crippen LogP contribution in [0.3, 0.4) is 0 Å². The minimum Gasteiger partial charge on any atom is -0.473 e. The van der Waals surface area contributed by atoms with Gasteiger partial charge in [0.2, 0.25) is 5.88 Å². The smallest absolute Gasteiger partial charge is 0.237 e. The molecule has 1 N–H and O–H groups in total. The molecule has 0 saturated heterocycles. The normalized spacial score (nSPS) is 22.7. The molecule has 0 aliphatic heterocycles. The Hall–Kier alpha value is -1.00. The van der Waals surface area contributed by atoms with Crippen LogP contribution < -0.4 is 10.1 Å². The quantitative estimate of drug-likeness (QED) is 0.893. The largest absolute Gasteiger partial charge is 0.473 e. The Morgan fingerprint density at radius 2 is 2.11 bits per heavy atom. The van der Waals surface area contributed by atoms with Crippen LogP contribution >= 0.6 is 11.6 Å². The van der Waals surface area contributed by atoms with E-state index in [-0.39, 0.29) is 6.10 Å². The molecule has 100 valence electrons. The second-order valence-electron chi connectivity index (χ2n) is 4.87. The number of nitrogens with one attached hydrogen (secondary N) is 1. The molecule has 4 nitrogen and oxygen atoms in total. The van der Waals surface area contributed by atoms with Gasteiger partial charge in [0.1, 0.15) is 6.10 Å². The molecule has 1 aromatic rings. The highest BCUT2D eigenvalue weighted by atomic mass is 35.5. The Morgan fingerprint density at radius 3 is 2.72 bits per heavy atom. The fraction of sp³-hybridized carbons (Fsp3) is 0.615. The van der Waals surface area contributed by atoms with Gasteiger partial charge in [0.05, 0.1) is 16.8 Å². The van der Waals surface area contributed by atoms with Gasteiger partial charge in [0, 0.05) is 32.2 Å². The summed E-state index contributed by atoms with van der Waals surface area (Å²) in [4.78, 5) is 4.25. The Balaban J connectivity index is 2.03. The molecule has 0 atom stereocenters. The summed E-state index contributed by atoms with van der Waals surface area (Å²) in [5.74, 6) is 0.618. The van der Waals surface area contributed by atoms with Crippen molar-refractivity contribution in [2.75, 3.05) is 12.4 Å². The van der Waals surface area contributed by atoms with E-state index < -0.39 is 0 Å². The number of aromatic nitrogens is 1. The third-order valence-electron chi connectivity index (χ3n) is 2.93. The first-order valence-corrected chi connectivity index (χ1v) is 6.57. The maximum Gasteiger partial charge on any atom is 0.237 e. The number of hydrogen-bond donors (Lipinski definition) is 1. The molecule has 1 aromatic heterocycles. The summed E-state index contributed by atoms with van der Waals surface area (Å²) in [5, 5.41) is 3.90. The molecule has 5 heteroatoms. The van der Waals surface area contributed by atoms with Crippen molar-refractivity contribution in [2.24, 2.45) is 0 Å². The van der Waals surface area contributed by atoms with E-state index in [1.54, 1.807) is 13.3 Å². The van der Waals surface area contributed by atoms with Crippen LogP contribution in [0.4, 0.5) is 5.69 Å². The van der Waals surface area contributed by atoms with Crippen molar-refractivity contribution in [3.05, 3.63) is 17.3 Å². The number of pyridine rings is 1. The fourth-order valence-electron chi connectivity index (χ4n) is 1.90. The van der Waals surface area contributed by atoms with Crippen LogP contribution in [-0.4, -0.2) is 30.3 Å². The maximum absolute atomic E-state index is 5.95. The van der Waals surface area contributed by atoms with E-state index >= 15 is 0 Å². The molecule has 0 bridgehead atoms. The molecule has 0 aromatic carbocycles. The maximum atomic E-state index is 5.95. The molecule has 0 unspecified atom stereocenters. The van der Waals surface area contributed by atoms with Gasteiger partial charge < -0.3 is 14.8 Å². The van der Waals surface area contributed by atoms with E-state index in [1.807, 2.05) is 6.07 Å². The average molecular weight is 271 g/mol. The minimum atomic E-state index is 0.191. The van der Waals surface area contributed by atoms with E-state index in [9.17, 15) is 0 Å². The molecule has 1 saturated carbocycles. The summed E-state index contributed by atoms with van der Waals surface area (Å²) in [6, 6.07) is 2.15. The molecule has 0 radical (unpaired) electrons. The van der Waals surface area contributed by atoms with Crippen LogP contribution in [0.2, 0.25) is 5.02 Å². The zero-order valence-corrected chi connectivity index (χ0v) is 11.7. The van der Waals surface area contributed by atoms with Crippen molar-refractivity contribution < 1.29 is 9.47 Å². The summed E-state index contributed by atoms with van der Waals surface area (Å²) >= 11 is 5.95. The summed E-state index contributed by atoms with van der Waals surface area (Å²) in [7, 11) is 1.73. The Morgan fingerprint density at radius 1 is 1.39 bits per heavy atom. The van der Waals surface area contributed by atoms with Crippen molar-refractivity contribution in [2.45, 2.75) is 44.9 Å². The SMILES string of the molecule is COC1CC(Oc2ncc(Cl)cc2NC(C)C)C1. The summed E-state index contributed by atoms with van der Waals surface area (Å²) < 4.78 is 11.1. The zero-order chi connectivity index (χ0) is 13.1. The molecule has 0 amide bonds. The lowest BCUT2D eigenvalue weighted by molar-refractivity contribution is -0.0393. The van der Waals surface area contributed by atoms with Gasteiger partial charge in [-0.05, 0) is 19.9 Å². The van der Waals surface area contributed by atoms with Gasteiger partial charge in [-0.1, -0.05) is 11.6 Å². The Kier molecular flexibility index (Phi) is 4.30. The van der Waals surface area contributed by atoms with Crippen LogP contribution in [0, 0.1) is 0 Å². The van der Waals surface area contributed by atoms with Gasteiger partial charge >= 0.3 is 0 Å². The van der Waals surface area contributed by atoms with E-state index in [0.29, 0.717) is 23.0 Å². The number of anilines is 1. The average Bonchev–Trinajstić information content (AvgIpc) is 2.24. The molecule has 1 heterocycles. The summed E-state index contributed by atoms with van der Waals surface area (Å²) in [5.41, 5.74) is 0.846. The lowest BCUT2D eigenvalue weighted by Crippen LogP contribution is -2.39. The molecule has 18 heavy (non-hydrogen) atoms. The third-order valence-corrected chi connectivity index (χ3v) is 3.13. The summed E-state index contributed by atoms with van der Waals surface area (Å²) in [6.45, 7) is 4.13. The number of nitrogens with zero attached hydrogens (tertiary/aromatic N) is 1. The van der Waals surface area contributed by atoms with Crippen LogP contribution in [0.1, 0.15) is 26.7 Å². The third kappa shape index (κ3) is 3.27. The van der Waals surface area contributed by atoms with Gasteiger partial charge in [-0.3, -0.25) is 0 Å². The second kappa shape index (κ2) is 5.76. The molecule has 0 spiro atoms. The molecular formula is C13H19ClN2O2. The highest BCUT2D eigenvalue weighted by molar-refractivity contribution is 6.30. The first-order chi connectivity index (χ1) is 8.58. The van der Waals surface area contributed by atoms with Crippen molar-refractivity contribution >= 4 is 17.3 Å². The molecular weight excluding hydrogens is 252 g/mol. The standard InChI is InChI=1S/C13H19ClN2O2/c1-8(2)16-12-4-9(14)7-15-13(12)18-11-5-10(6-11)17-3/h4,7-8,10-11,16H,5-6H2,1-3H3. The van der Waals surface area contributed by atoms with Crippen molar-refractivity contribution in [3.63, 3.8) is 0 Å². The van der Waals surface area contributed by atoms with E-state index in [4.69, 9.17) is 21.1 Å². The van der Waals surface area contributed by atoms with Gasteiger partial charge in [0.25, 0.3) is 0 Å². The predicted octanol–water partition coefficient (Wildman–Crippen LogP) is 3.11. The zero-order valence-electron chi connectivity index (χ0n) is 10.9. The Labute approximate surface area is 113 Å². The highest BCUT2D eigenvalue weighted by Gasteiger charge is 2.31. The lowest BCUT2D eigenvalue weighted by atomic mass is 9.92. The number of halogens is 1. The van der Waals surface area contributed by atoms with Crippen LogP contribution in [-0.2, 0) is 4.74 Å². The highest BCUT2D eigenvalue weighted by Crippen LogP contribution is 2.32. The molecule has 1 aliphatic carbocycles. The number of methoxy groups -OCH3 is 1. The molecule has 1 aliphatic rings. The van der Waals surface area contributed by atoms with E-state index in [0.717, 1.165) is 18.5 Å². The monoisotopic (exact) mass is 270 g/mol. The molecule has 2 rings (SSSR count). The topological polar surface area (TPSA) is 43.4 Å². The lowest BCUT2D eigenvalue weighted by Gasteiger charge is -2.34. The van der Waals surface area contributed by atoms with Gasteiger partial charge in [-0.15, -0.1) is 0 Å². The van der Waals surface area contributed by atoms with E-state index in [1.165, 1.54) is 0 Å². The van der Waals surface area contributed by atoms with Crippen LogP contribution in [0.5, 0.6) is 5.88 Å². The predicted molar refractivity (Wildman–Crippen MR) is 72.5 cm³/mol. The minimum absolute atomic E-state index is 0.191. The van der Waals surface area contributed by atoms with Gasteiger partial charge in [-0.25, -0.2) is 4.98 Å². The van der Waals surface area contributed by atoms with Crippen LogP contribution in [0.15, 0.2) is 12.3 Å². The number of hydrogen-bond acceptors (Lipinski definition) is 4. The summed E-state index contributed by atoms with van der Waals surface area (Å²) in [6.07, 6.45) is 3.96. The fourth-order valence-corrected chi connectivity index (χ4v) is 2.06. The van der Waals surface area contributed by atoms with E-state index in [2.05, 4.69) is 24.1 Å². The second-order valence-corrected chi connectivity index (χ2v) is 5.31. The van der Waals surface area contributed by atoms with Crippen molar-refractivity contribution in [1.29, 1.82) is 0 Å². The van der Waals surface area contributed by atoms with Crippen LogP contribution in [0.25, 0.3) is 0 Å². The number of ether oxygens (including phenoxy) is 2.